The minimum Gasteiger partial charge on any atom is -0.326 e. The van der Waals surface area contributed by atoms with Gasteiger partial charge in [-0.05, 0) is 55.2 Å². The normalized spacial score (nSPS) is 16.7. The number of para-hydroxylation sites is 1. The number of carbonyl (C=O) groups excluding carboxylic acids is 2. The number of nitrogens with one attached hydrogen (secondary N) is 2. The number of piperidine rings is 1. The first-order valence-corrected chi connectivity index (χ1v) is 9.27. The van der Waals surface area contributed by atoms with Crippen LogP contribution >= 0.6 is 0 Å². The first-order valence-electron chi connectivity index (χ1n) is 9.27. The van der Waals surface area contributed by atoms with Gasteiger partial charge in [0.05, 0.1) is 5.92 Å². The molecule has 0 unspecified atom stereocenters. The Hall–Kier alpha value is -2.89. The van der Waals surface area contributed by atoms with Gasteiger partial charge in [-0.2, -0.15) is 0 Å². The predicted molar refractivity (Wildman–Crippen MR) is 104 cm³/mol. The summed E-state index contributed by atoms with van der Waals surface area (Å²) >= 11 is 0. The summed E-state index contributed by atoms with van der Waals surface area (Å²) in [6, 6.07) is 13.1. The van der Waals surface area contributed by atoms with Gasteiger partial charge in [-0.25, -0.2) is 9.18 Å². The molecule has 2 N–H and O–H groups in total. The van der Waals surface area contributed by atoms with Gasteiger partial charge in [0.25, 0.3) is 0 Å². The molecule has 2 aromatic carbocycles. The molecule has 1 heterocycles. The molecule has 27 heavy (non-hydrogen) atoms. The van der Waals surface area contributed by atoms with Crippen LogP contribution in [0, 0.1) is 11.7 Å². The lowest BCUT2D eigenvalue weighted by Gasteiger charge is -2.32. The van der Waals surface area contributed by atoms with Crippen molar-refractivity contribution in [2.45, 2.75) is 26.2 Å². The summed E-state index contributed by atoms with van der Waals surface area (Å²) in [7, 11) is 0. The Bertz CT molecular complexity index is 807. The van der Waals surface area contributed by atoms with E-state index in [2.05, 4.69) is 10.6 Å². The average molecular weight is 369 g/mol. The van der Waals surface area contributed by atoms with Crippen LogP contribution < -0.4 is 10.6 Å². The number of hydrogen-bond acceptors (Lipinski definition) is 2. The first-order chi connectivity index (χ1) is 13.1. The molecule has 1 aliphatic heterocycles. The molecule has 1 aliphatic rings. The molecule has 0 aromatic heterocycles. The maximum atomic E-state index is 13.0. The number of urea groups is 1. The number of halogens is 1. The summed E-state index contributed by atoms with van der Waals surface area (Å²) in [5.74, 6) is -0.659. The monoisotopic (exact) mass is 369 g/mol. The van der Waals surface area contributed by atoms with Gasteiger partial charge in [0.2, 0.25) is 5.91 Å². The van der Waals surface area contributed by atoms with Crippen LogP contribution in [0.1, 0.15) is 25.3 Å². The number of rotatable bonds is 4. The van der Waals surface area contributed by atoms with E-state index in [1.807, 2.05) is 31.2 Å². The predicted octanol–water partition coefficient (Wildman–Crippen LogP) is 4.27. The van der Waals surface area contributed by atoms with Gasteiger partial charge in [-0.1, -0.05) is 25.1 Å². The third-order valence-corrected chi connectivity index (χ3v) is 4.83. The van der Waals surface area contributed by atoms with E-state index in [-0.39, 0.29) is 23.7 Å². The molecule has 3 rings (SSSR count). The Morgan fingerprint density at radius 3 is 2.59 bits per heavy atom. The number of likely N-dealkylation sites (tertiary alicyclic amines) is 1. The number of anilines is 2. The highest BCUT2D eigenvalue weighted by Gasteiger charge is 2.28. The fraction of sp³-hybridized carbons (Fsp3) is 0.333. The van der Waals surface area contributed by atoms with Crippen LogP contribution in [-0.4, -0.2) is 29.9 Å². The van der Waals surface area contributed by atoms with E-state index in [0.717, 1.165) is 30.5 Å². The fourth-order valence-electron chi connectivity index (χ4n) is 3.30. The zero-order chi connectivity index (χ0) is 19.2. The standard InChI is InChI=1S/C21H24FN3O2/c1-2-15-6-3-4-8-19(15)24-20(26)16-7-5-13-25(14-16)21(27)23-18-11-9-17(22)10-12-18/h3-4,6,8-12,16H,2,5,7,13-14H2,1H3,(H,23,27)(H,24,26)/t16-/m1/s1. The van der Waals surface area contributed by atoms with Crippen molar-refractivity contribution in [3.8, 4) is 0 Å². The van der Waals surface area contributed by atoms with Crippen LogP contribution in [0.4, 0.5) is 20.6 Å². The van der Waals surface area contributed by atoms with Crippen LogP contribution in [-0.2, 0) is 11.2 Å². The van der Waals surface area contributed by atoms with Crippen LogP contribution in [0.25, 0.3) is 0 Å². The molecule has 0 bridgehead atoms. The van der Waals surface area contributed by atoms with E-state index < -0.39 is 0 Å². The zero-order valence-electron chi connectivity index (χ0n) is 15.4. The number of aryl methyl sites for hydroxylation is 1. The van der Waals surface area contributed by atoms with Gasteiger partial charge < -0.3 is 15.5 Å². The lowest BCUT2D eigenvalue weighted by molar-refractivity contribution is -0.121. The van der Waals surface area contributed by atoms with Crippen molar-refractivity contribution in [1.29, 1.82) is 0 Å². The van der Waals surface area contributed by atoms with Crippen molar-refractivity contribution in [3.05, 3.63) is 59.9 Å². The second kappa shape index (κ2) is 8.66. The Balaban J connectivity index is 1.60. The highest BCUT2D eigenvalue weighted by Crippen LogP contribution is 2.22. The molecule has 0 spiro atoms. The molecule has 6 heteroatoms. The molecular weight excluding hydrogens is 345 g/mol. The number of nitrogens with zero attached hydrogens (tertiary/aromatic N) is 1. The van der Waals surface area contributed by atoms with E-state index in [1.165, 1.54) is 24.3 Å². The van der Waals surface area contributed by atoms with Gasteiger partial charge in [0.15, 0.2) is 0 Å². The maximum Gasteiger partial charge on any atom is 0.321 e. The summed E-state index contributed by atoms with van der Waals surface area (Å²) in [6.07, 6.45) is 2.36. The molecule has 3 amide bonds. The number of hydrogen-bond donors (Lipinski definition) is 2. The van der Waals surface area contributed by atoms with Gasteiger partial charge in [0.1, 0.15) is 5.82 Å². The van der Waals surface area contributed by atoms with Crippen molar-refractivity contribution in [2.24, 2.45) is 5.92 Å². The SMILES string of the molecule is CCc1ccccc1NC(=O)[C@@H]1CCCN(C(=O)Nc2ccc(F)cc2)C1. The fourth-order valence-corrected chi connectivity index (χ4v) is 3.30. The molecule has 1 saturated heterocycles. The summed E-state index contributed by atoms with van der Waals surface area (Å²) in [4.78, 5) is 26.8. The molecular formula is C21H24FN3O2. The van der Waals surface area contributed by atoms with E-state index in [0.29, 0.717) is 18.8 Å². The van der Waals surface area contributed by atoms with Gasteiger partial charge in [-0.15, -0.1) is 0 Å². The molecule has 0 aliphatic carbocycles. The summed E-state index contributed by atoms with van der Waals surface area (Å²) in [6.45, 7) is 3.02. The minimum atomic E-state index is -0.352. The second-order valence-electron chi connectivity index (χ2n) is 6.72. The highest BCUT2D eigenvalue weighted by molar-refractivity contribution is 5.94. The molecule has 0 saturated carbocycles. The summed E-state index contributed by atoms with van der Waals surface area (Å²) in [5, 5.41) is 5.76. The Labute approximate surface area is 158 Å². The van der Waals surface area contributed by atoms with E-state index in [1.54, 1.807) is 4.90 Å². The van der Waals surface area contributed by atoms with E-state index in [4.69, 9.17) is 0 Å². The van der Waals surface area contributed by atoms with Gasteiger partial charge in [-0.3, -0.25) is 4.79 Å². The van der Waals surface area contributed by atoms with Crippen LogP contribution in [0.15, 0.2) is 48.5 Å². The van der Waals surface area contributed by atoms with Crippen molar-refractivity contribution in [2.75, 3.05) is 23.7 Å². The van der Waals surface area contributed by atoms with E-state index in [9.17, 15) is 14.0 Å². The number of amides is 3. The smallest absolute Gasteiger partial charge is 0.321 e. The lowest BCUT2D eigenvalue weighted by Crippen LogP contribution is -2.45. The second-order valence-corrected chi connectivity index (χ2v) is 6.72. The van der Waals surface area contributed by atoms with Crippen LogP contribution in [0.2, 0.25) is 0 Å². The van der Waals surface area contributed by atoms with Gasteiger partial charge >= 0.3 is 6.03 Å². The quantitative estimate of drug-likeness (QED) is 0.845. The third-order valence-electron chi connectivity index (χ3n) is 4.83. The van der Waals surface area contributed by atoms with Crippen molar-refractivity contribution in [1.82, 2.24) is 4.90 Å². The topological polar surface area (TPSA) is 61.4 Å². The zero-order valence-corrected chi connectivity index (χ0v) is 15.4. The molecule has 1 fully saturated rings. The molecule has 5 nitrogen and oxygen atoms in total. The summed E-state index contributed by atoms with van der Waals surface area (Å²) < 4.78 is 13.0. The summed E-state index contributed by atoms with van der Waals surface area (Å²) in [5.41, 5.74) is 2.45. The third kappa shape index (κ3) is 4.84. The van der Waals surface area contributed by atoms with Crippen LogP contribution in [0.5, 0.6) is 0 Å². The minimum absolute atomic E-state index is 0.0600. The maximum absolute atomic E-state index is 13.0. The van der Waals surface area contributed by atoms with Gasteiger partial charge in [0, 0.05) is 24.5 Å². The Morgan fingerprint density at radius 1 is 1.11 bits per heavy atom. The average Bonchev–Trinajstić information content (AvgIpc) is 2.70. The Morgan fingerprint density at radius 2 is 1.85 bits per heavy atom. The lowest BCUT2D eigenvalue weighted by atomic mass is 9.97. The highest BCUT2D eigenvalue weighted by atomic mass is 19.1. The van der Waals surface area contributed by atoms with Crippen molar-refractivity contribution in [3.63, 3.8) is 0 Å². The van der Waals surface area contributed by atoms with Crippen molar-refractivity contribution < 1.29 is 14.0 Å². The molecule has 0 radical (unpaired) electrons. The van der Waals surface area contributed by atoms with E-state index >= 15 is 0 Å². The first kappa shape index (κ1) is 18.9. The Kier molecular flexibility index (Phi) is 6.06. The largest absolute Gasteiger partial charge is 0.326 e. The van der Waals surface area contributed by atoms with Crippen molar-refractivity contribution >= 4 is 23.3 Å². The number of carbonyl (C=O) groups is 2. The molecule has 142 valence electrons. The molecule has 2 aromatic rings. The van der Waals surface area contributed by atoms with Crippen LogP contribution in [0.3, 0.4) is 0 Å². The number of benzene rings is 2. The molecule has 1 atom stereocenters.